The molecule has 1 aromatic heterocycles. The molecule has 122 valence electrons. The molecule has 1 amide bonds. The van der Waals surface area contributed by atoms with Gasteiger partial charge in [0.05, 0.1) is 17.2 Å². The first-order valence-electron chi connectivity index (χ1n) is 7.15. The molecule has 0 aliphatic rings. The van der Waals surface area contributed by atoms with Crippen LogP contribution in [0, 0.1) is 6.92 Å². The van der Waals surface area contributed by atoms with Crippen molar-refractivity contribution in [3.8, 4) is 0 Å². The molecule has 0 spiro atoms. The van der Waals surface area contributed by atoms with Gasteiger partial charge in [-0.3, -0.25) is 14.2 Å². The topological polar surface area (TPSA) is 64.0 Å². The summed E-state index contributed by atoms with van der Waals surface area (Å²) in [6.45, 7) is 1.76. The van der Waals surface area contributed by atoms with Crippen LogP contribution in [0.5, 0.6) is 0 Å². The Hall–Kier alpha value is -2.18. The summed E-state index contributed by atoms with van der Waals surface area (Å²) in [6.07, 6.45) is 1.38. The largest absolute Gasteiger partial charge is 0.324 e. The molecule has 1 N–H and O–H groups in total. The molecule has 5 nitrogen and oxygen atoms in total. The number of nitrogens with one attached hydrogen (secondary N) is 1. The third-order valence-corrected chi connectivity index (χ3v) is 4.46. The van der Waals surface area contributed by atoms with Crippen molar-refractivity contribution >= 4 is 50.0 Å². The van der Waals surface area contributed by atoms with Crippen molar-refractivity contribution in [3.63, 3.8) is 0 Å². The summed E-state index contributed by atoms with van der Waals surface area (Å²) in [4.78, 5) is 28.9. The Bertz CT molecular complexity index is 1000. The van der Waals surface area contributed by atoms with Crippen LogP contribution < -0.4 is 10.9 Å². The van der Waals surface area contributed by atoms with Crippen LogP contribution in [0.1, 0.15) is 5.56 Å². The number of nitrogens with zero attached hydrogens (tertiary/aromatic N) is 2. The number of halogens is 2. The Morgan fingerprint density at radius 2 is 2.08 bits per heavy atom. The number of rotatable bonds is 3. The van der Waals surface area contributed by atoms with Gasteiger partial charge in [-0.05, 0) is 42.8 Å². The maximum absolute atomic E-state index is 12.5. The number of carbonyl (C=O) groups is 1. The number of benzene rings is 2. The molecule has 2 aromatic carbocycles. The Morgan fingerprint density at radius 3 is 2.83 bits per heavy atom. The minimum absolute atomic E-state index is 0.125. The zero-order valence-corrected chi connectivity index (χ0v) is 15.1. The number of aryl methyl sites for hydroxylation is 1. The molecule has 0 radical (unpaired) electrons. The maximum Gasteiger partial charge on any atom is 0.261 e. The van der Waals surface area contributed by atoms with Crippen LogP contribution in [-0.2, 0) is 11.3 Å². The monoisotopic (exact) mass is 405 g/mol. The molecule has 0 bridgehead atoms. The summed E-state index contributed by atoms with van der Waals surface area (Å²) in [6, 6.07) is 10.5. The lowest BCUT2D eigenvalue weighted by molar-refractivity contribution is -0.116. The fraction of sp³-hybridized carbons (Fsp3) is 0.118. The highest BCUT2D eigenvalue weighted by Crippen LogP contribution is 2.20. The number of aromatic nitrogens is 2. The standard InChI is InChI=1S/C17H13BrClN3O2/c1-10-2-4-12(7-14(10)19)21-16(23)8-22-9-20-15-5-3-11(18)6-13(15)17(22)24/h2-7,9H,8H2,1H3,(H,21,23). The van der Waals surface area contributed by atoms with Crippen molar-refractivity contribution in [3.05, 3.63) is 68.1 Å². The molecule has 0 saturated carbocycles. The lowest BCUT2D eigenvalue weighted by Crippen LogP contribution is -2.27. The molecule has 7 heteroatoms. The van der Waals surface area contributed by atoms with Crippen molar-refractivity contribution in [2.24, 2.45) is 0 Å². The Morgan fingerprint density at radius 1 is 1.29 bits per heavy atom. The van der Waals surface area contributed by atoms with Gasteiger partial charge in [0, 0.05) is 15.2 Å². The van der Waals surface area contributed by atoms with Crippen molar-refractivity contribution in [1.29, 1.82) is 0 Å². The van der Waals surface area contributed by atoms with Gasteiger partial charge in [-0.15, -0.1) is 0 Å². The predicted octanol–water partition coefficient (Wildman–Crippen LogP) is 3.76. The number of hydrogen-bond donors (Lipinski definition) is 1. The summed E-state index contributed by atoms with van der Waals surface area (Å²) in [5.41, 5.74) is 1.83. The number of carbonyl (C=O) groups excluding carboxylic acids is 1. The molecule has 0 atom stereocenters. The van der Waals surface area contributed by atoms with Gasteiger partial charge >= 0.3 is 0 Å². The fourth-order valence-electron chi connectivity index (χ4n) is 2.27. The van der Waals surface area contributed by atoms with E-state index in [1.807, 2.05) is 19.1 Å². The van der Waals surface area contributed by atoms with E-state index in [-0.39, 0.29) is 18.0 Å². The van der Waals surface area contributed by atoms with Crippen molar-refractivity contribution in [2.45, 2.75) is 13.5 Å². The summed E-state index contributed by atoms with van der Waals surface area (Å²) in [5.74, 6) is -0.326. The van der Waals surface area contributed by atoms with Crippen molar-refractivity contribution in [2.75, 3.05) is 5.32 Å². The number of hydrogen-bond acceptors (Lipinski definition) is 3. The smallest absolute Gasteiger partial charge is 0.261 e. The molecular weight excluding hydrogens is 394 g/mol. The molecule has 0 saturated heterocycles. The fourth-order valence-corrected chi connectivity index (χ4v) is 2.81. The molecule has 24 heavy (non-hydrogen) atoms. The van der Waals surface area contributed by atoms with Gasteiger partial charge in [-0.2, -0.15) is 0 Å². The van der Waals surface area contributed by atoms with Gasteiger partial charge in [-0.1, -0.05) is 33.6 Å². The SMILES string of the molecule is Cc1ccc(NC(=O)Cn2cnc3ccc(Br)cc3c2=O)cc1Cl. The van der Waals surface area contributed by atoms with Gasteiger partial charge in [0.25, 0.3) is 5.56 Å². The average molecular weight is 407 g/mol. The Kier molecular flexibility index (Phi) is 4.69. The molecule has 3 aromatic rings. The van der Waals surface area contributed by atoms with E-state index in [2.05, 4.69) is 26.2 Å². The predicted molar refractivity (Wildman–Crippen MR) is 98.5 cm³/mol. The number of fused-ring (bicyclic) bond motifs is 1. The summed E-state index contributed by atoms with van der Waals surface area (Å²) < 4.78 is 2.06. The summed E-state index contributed by atoms with van der Waals surface area (Å²) >= 11 is 9.37. The van der Waals surface area contributed by atoms with Gasteiger partial charge < -0.3 is 5.32 Å². The van der Waals surface area contributed by atoms with Crippen LogP contribution in [0.3, 0.4) is 0 Å². The highest BCUT2D eigenvalue weighted by atomic mass is 79.9. The van der Waals surface area contributed by atoms with Crippen LogP contribution in [-0.4, -0.2) is 15.5 Å². The van der Waals surface area contributed by atoms with Crippen LogP contribution >= 0.6 is 27.5 Å². The lowest BCUT2D eigenvalue weighted by Gasteiger charge is -2.09. The number of anilines is 1. The summed E-state index contributed by atoms with van der Waals surface area (Å²) in [5, 5.41) is 3.75. The van der Waals surface area contributed by atoms with E-state index in [4.69, 9.17) is 11.6 Å². The zero-order valence-electron chi connectivity index (χ0n) is 12.7. The van der Waals surface area contributed by atoms with E-state index in [1.54, 1.807) is 24.3 Å². The normalized spacial score (nSPS) is 10.8. The third-order valence-electron chi connectivity index (χ3n) is 3.56. The van der Waals surface area contributed by atoms with Gasteiger partial charge in [-0.25, -0.2) is 4.98 Å². The molecule has 0 aliphatic carbocycles. The maximum atomic E-state index is 12.5. The van der Waals surface area contributed by atoms with Gasteiger partial charge in [0.2, 0.25) is 5.91 Å². The zero-order chi connectivity index (χ0) is 17.3. The van der Waals surface area contributed by atoms with Crippen LogP contribution in [0.2, 0.25) is 5.02 Å². The first-order valence-corrected chi connectivity index (χ1v) is 8.32. The number of amides is 1. The quantitative estimate of drug-likeness (QED) is 0.720. The van der Waals surface area contributed by atoms with Crippen LogP contribution in [0.4, 0.5) is 5.69 Å². The lowest BCUT2D eigenvalue weighted by atomic mass is 10.2. The van der Waals surface area contributed by atoms with E-state index >= 15 is 0 Å². The second-order valence-corrected chi connectivity index (χ2v) is 6.67. The second kappa shape index (κ2) is 6.75. The van der Waals surface area contributed by atoms with Crippen LogP contribution in [0.15, 0.2) is 52.0 Å². The Balaban J connectivity index is 1.84. The molecule has 1 heterocycles. The average Bonchev–Trinajstić information content (AvgIpc) is 2.54. The molecule has 0 unspecified atom stereocenters. The molecule has 0 aliphatic heterocycles. The van der Waals surface area contributed by atoms with E-state index in [0.29, 0.717) is 21.6 Å². The van der Waals surface area contributed by atoms with Gasteiger partial charge in [0.15, 0.2) is 0 Å². The van der Waals surface area contributed by atoms with Crippen molar-refractivity contribution < 1.29 is 4.79 Å². The highest BCUT2D eigenvalue weighted by molar-refractivity contribution is 9.10. The summed E-state index contributed by atoms with van der Waals surface area (Å²) in [7, 11) is 0. The first-order chi connectivity index (χ1) is 11.4. The first kappa shape index (κ1) is 16.7. The highest BCUT2D eigenvalue weighted by Gasteiger charge is 2.09. The Labute approximate surface area is 151 Å². The van der Waals surface area contributed by atoms with E-state index in [0.717, 1.165) is 10.0 Å². The van der Waals surface area contributed by atoms with E-state index in [1.165, 1.54) is 10.9 Å². The minimum atomic E-state index is -0.326. The molecular formula is C17H13BrClN3O2. The third kappa shape index (κ3) is 3.49. The van der Waals surface area contributed by atoms with Crippen LogP contribution in [0.25, 0.3) is 10.9 Å². The van der Waals surface area contributed by atoms with Crippen molar-refractivity contribution in [1.82, 2.24) is 9.55 Å². The minimum Gasteiger partial charge on any atom is -0.324 e. The van der Waals surface area contributed by atoms with Gasteiger partial charge in [0.1, 0.15) is 6.54 Å². The molecule has 3 rings (SSSR count). The van der Waals surface area contributed by atoms with E-state index in [9.17, 15) is 9.59 Å². The van der Waals surface area contributed by atoms with E-state index < -0.39 is 0 Å². The molecule has 0 fully saturated rings. The second-order valence-electron chi connectivity index (χ2n) is 5.35.